The largest absolute Gasteiger partial charge is 0.469 e. The van der Waals surface area contributed by atoms with Crippen molar-refractivity contribution >= 4 is 23.6 Å². The average molecular weight is 327 g/mol. The van der Waals surface area contributed by atoms with Crippen LogP contribution in [0.4, 0.5) is 0 Å². The van der Waals surface area contributed by atoms with Crippen molar-refractivity contribution in [1.82, 2.24) is 15.3 Å². The SMILES string of the molecule is CCCCCNC(=O)CSc1nc(CC(=O)OC)cc(=O)[nH]1. The number of aromatic nitrogens is 2. The molecule has 0 saturated heterocycles. The van der Waals surface area contributed by atoms with Crippen LogP contribution in [0.5, 0.6) is 0 Å². The minimum Gasteiger partial charge on any atom is -0.469 e. The van der Waals surface area contributed by atoms with E-state index in [9.17, 15) is 14.4 Å². The Bertz CT molecular complexity index is 559. The summed E-state index contributed by atoms with van der Waals surface area (Å²) in [5.74, 6) is -0.415. The number of carbonyl (C=O) groups excluding carboxylic acids is 2. The van der Waals surface area contributed by atoms with Gasteiger partial charge in [0, 0.05) is 12.6 Å². The summed E-state index contributed by atoms with van der Waals surface area (Å²) in [7, 11) is 1.27. The first-order valence-corrected chi connectivity index (χ1v) is 8.10. The van der Waals surface area contributed by atoms with E-state index < -0.39 is 5.97 Å². The Morgan fingerprint density at radius 1 is 1.41 bits per heavy atom. The molecule has 7 nitrogen and oxygen atoms in total. The van der Waals surface area contributed by atoms with Crippen molar-refractivity contribution < 1.29 is 14.3 Å². The predicted molar refractivity (Wildman–Crippen MR) is 83.8 cm³/mol. The van der Waals surface area contributed by atoms with Gasteiger partial charge in [-0.25, -0.2) is 4.98 Å². The summed E-state index contributed by atoms with van der Waals surface area (Å²) in [5.41, 5.74) is -0.0405. The molecule has 1 rings (SSSR count). The van der Waals surface area contributed by atoms with Gasteiger partial charge in [0.05, 0.1) is 25.0 Å². The number of hydrogen-bond donors (Lipinski definition) is 2. The van der Waals surface area contributed by atoms with Crippen molar-refractivity contribution in [3.8, 4) is 0 Å². The lowest BCUT2D eigenvalue weighted by molar-refractivity contribution is -0.139. The van der Waals surface area contributed by atoms with E-state index in [-0.39, 0.29) is 23.6 Å². The topological polar surface area (TPSA) is 101 Å². The van der Waals surface area contributed by atoms with Gasteiger partial charge >= 0.3 is 5.97 Å². The smallest absolute Gasteiger partial charge is 0.311 e. The van der Waals surface area contributed by atoms with Crippen LogP contribution in [0.3, 0.4) is 0 Å². The second-order valence-corrected chi connectivity index (χ2v) is 5.60. The fourth-order valence-electron chi connectivity index (χ4n) is 1.65. The molecule has 22 heavy (non-hydrogen) atoms. The molecular formula is C14H21N3O4S. The van der Waals surface area contributed by atoms with Crippen molar-refractivity contribution in [3.05, 3.63) is 22.1 Å². The lowest BCUT2D eigenvalue weighted by atomic mass is 10.2. The van der Waals surface area contributed by atoms with Crippen molar-refractivity contribution in [2.45, 2.75) is 37.8 Å². The van der Waals surface area contributed by atoms with Crippen LogP contribution in [-0.4, -0.2) is 41.3 Å². The highest BCUT2D eigenvalue weighted by atomic mass is 32.2. The van der Waals surface area contributed by atoms with Crippen LogP contribution in [0, 0.1) is 0 Å². The maximum atomic E-state index is 11.6. The van der Waals surface area contributed by atoms with E-state index in [1.54, 1.807) is 0 Å². The Hall–Kier alpha value is -1.83. The lowest BCUT2D eigenvalue weighted by Gasteiger charge is -2.05. The number of methoxy groups -OCH3 is 1. The molecule has 0 fully saturated rings. The van der Waals surface area contributed by atoms with E-state index in [0.717, 1.165) is 31.0 Å². The van der Waals surface area contributed by atoms with Gasteiger partial charge in [0.1, 0.15) is 0 Å². The molecule has 0 bridgehead atoms. The zero-order chi connectivity index (χ0) is 16.4. The molecule has 0 aliphatic carbocycles. The van der Waals surface area contributed by atoms with E-state index >= 15 is 0 Å². The predicted octanol–water partition coefficient (Wildman–Crippen LogP) is 0.884. The van der Waals surface area contributed by atoms with Gasteiger partial charge in [-0.1, -0.05) is 31.5 Å². The maximum Gasteiger partial charge on any atom is 0.311 e. The highest BCUT2D eigenvalue weighted by molar-refractivity contribution is 7.99. The highest BCUT2D eigenvalue weighted by Crippen LogP contribution is 2.11. The highest BCUT2D eigenvalue weighted by Gasteiger charge is 2.09. The molecule has 0 aliphatic heterocycles. The van der Waals surface area contributed by atoms with Crippen molar-refractivity contribution in [2.75, 3.05) is 19.4 Å². The molecule has 1 aromatic heterocycles. The first-order valence-electron chi connectivity index (χ1n) is 7.11. The Balaban J connectivity index is 2.49. The van der Waals surface area contributed by atoms with Crippen LogP contribution < -0.4 is 10.9 Å². The molecule has 0 atom stereocenters. The Kier molecular flexibility index (Phi) is 8.27. The van der Waals surface area contributed by atoms with Gasteiger partial charge in [-0.3, -0.25) is 14.4 Å². The molecule has 2 N–H and O–H groups in total. The summed E-state index contributed by atoms with van der Waals surface area (Å²) in [6.45, 7) is 2.75. The standard InChI is InChI=1S/C14H21N3O4S/c1-3-4-5-6-15-12(19)9-22-14-16-10(7-11(18)17-14)8-13(20)21-2/h7H,3-6,8-9H2,1-2H3,(H,15,19)(H,16,17,18). The maximum absolute atomic E-state index is 11.6. The van der Waals surface area contributed by atoms with Crippen molar-refractivity contribution in [2.24, 2.45) is 0 Å². The van der Waals surface area contributed by atoms with E-state index in [2.05, 4.69) is 26.9 Å². The number of aromatic amines is 1. The number of thioether (sulfide) groups is 1. The summed E-state index contributed by atoms with van der Waals surface area (Å²) in [5, 5.41) is 3.12. The number of amides is 1. The molecule has 0 spiro atoms. The molecule has 1 aromatic rings. The summed E-state index contributed by atoms with van der Waals surface area (Å²) >= 11 is 1.12. The molecule has 1 amide bonds. The number of carbonyl (C=O) groups is 2. The van der Waals surface area contributed by atoms with Crippen molar-refractivity contribution in [1.29, 1.82) is 0 Å². The van der Waals surface area contributed by atoms with Gasteiger partial charge < -0.3 is 15.0 Å². The molecule has 122 valence electrons. The summed E-state index contributed by atoms with van der Waals surface area (Å²) < 4.78 is 4.53. The summed E-state index contributed by atoms with van der Waals surface area (Å²) in [4.78, 5) is 41.0. The fourth-order valence-corrected chi connectivity index (χ4v) is 2.37. The second kappa shape index (κ2) is 9.99. The third kappa shape index (κ3) is 7.26. The Morgan fingerprint density at radius 2 is 2.18 bits per heavy atom. The molecule has 0 aromatic carbocycles. The molecular weight excluding hydrogens is 306 g/mol. The van der Waals surface area contributed by atoms with Gasteiger partial charge in [0.15, 0.2) is 5.16 Å². The van der Waals surface area contributed by atoms with E-state index in [0.29, 0.717) is 17.4 Å². The van der Waals surface area contributed by atoms with Gasteiger partial charge in [0.25, 0.3) is 5.56 Å². The minimum atomic E-state index is -0.470. The minimum absolute atomic E-state index is 0.0722. The zero-order valence-electron chi connectivity index (χ0n) is 12.8. The first-order chi connectivity index (χ1) is 10.5. The normalized spacial score (nSPS) is 10.3. The molecule has 0 unspecified atom stereocenters. The number of unbranched alkanes of at least 4 members (excludes halogenated alkanes) is 2. The fraction of sp³-hybridized carbons (Fsp3) is 0.571. The van der Waals surface area contributed by atoms with Gasteiger partial charge in [0.2, 0.25) is 5.91 Å². The van der Waals surface area contributed by atoms with Gasteiger partial charge in [-0.2, -0.15) is 0 Å². The van der Waals surface area contributed by atoms with E-state index in [4.69, 9.17) is 0 Å². The second-order valence-electron chi connectivity index (χ2n) is 4.64. The summed E-state index contributed by atoms with van der Waals surface area (Å²) in [6, 6.07) is 1.24. The number of rotatable bonds is 9. The van der Waals surface area contributed by atoms with Gasteiger partial charge in [-0.15, -0.1) is 0 Å². The molecule has 0 aliphatic rings. The number of hydrogen-bond acceptors (Lipinski definition) is 6. The monoisotopic (exact) mass is 327 g/mol. The van der Waals surface area contributed by atoms with E-state index in [1.807, 2.05) is 0 Å². The first kappa shape index (κ1) is 18.2. The van der Waals surface area contributed by atoms with Crippen LogP contribution >= 0.6 is 11.8 Å². The number of ether oxygens (including phenoxy) is 1. The molecule has 8 heteroatoms. The third-order valence-corrected chi connectivity index (χ3v) is 3.64. The molecule has 1 heterocycles. The Labute approximate surface area is 133 Å². The van der Waals surface area contributed by atoms with Crippen LogP contribution in [0.1, 0.15) is 31.9 Å². The lowest BCUT2D eigenvalue weighted by Crippen LogP contribution is -2.26. The van der Waals surface area contributed by atoms with E-state index in [1.165, 1.54) is 13.2 Å². The Morgan fingerprint density at radius 3 is 2.86 bits per heavy atom. The van der Waals surface area contributed by atoms with Crippen LogP contribution in [-0.2, 0) is 20.7 Å². The number of nitrogens with zero attached hydrogens (tertiary/aromatic N) is 1. The zero-order valence-corrected chi connectivity index (χ0v) is 13.6. The summed E-state index contributed by atoms with van der Waals surface area (Å²) in [6.07, 6.45) is 3.06. The van der Waals surface area contributed by atoms with Crippen LogP contribution in [0.25, 0.3) is 0 Å². The molecule has 0 saturated carbocycles. The van der Waals surface area contributed by atoms with Gasteiger partial charge in [-0.05, 0) is 6.42 Å². The average Bonchev–Trinajstić information content (AvgIpc) is 2.49. The molecule has 0 radical (unpaired) electrons. The van der Waals surface area contributed by atoms with Crippen molar-refractivity contribution in [3.63, 3.8) is 0 Å². The third-order valence-electron chi connectivity index (χ3n) is 2.77. The number of esters is 1. The number of nitrogens with one attached hydrogen (secondary N) is 2. The quantitative estimate of drug-likeness (QED) is 0.302. The van der Waals surface area contributed by atoms with Crippen LogP contribution in [0.2, 0.25) is 0 Å². The number of H-pyrrole nitrogens is 1. The van der Waals surface area contributed by atoms with Crippen LogP contribution in [0.15, 0.2) is 16.0 Å².